The highest BCUT2D eigenvalue weighted by atomic mass is 32.1. The summed E-state index contributed by atoms with van der Waals surface area (Å²) < 4.78 is 0. The van der Waals surface area contributed by atoms with Gasteiger partial charge in [-0.2, -0.15) is 0 Å². The Balaban J connectivity index is 1.65. The molecule has 0 aromatic carbocycles. The van der Waals surface area contributed by atoms with Gasteiger partial charge in [0.25, 0.3) is 5.91 Å². The highest BCUT2D eigenvalue weighted by Gasteiger charge is 2.32. The monoisotopic (exact) mass is 390 g/mol. The van der Waals surface area contributed by atoms with Crippen LogP contribution in [0, 0.1) is 11.3 Å². The van der Waals surface area contributed by atoms with Crippen LogP contribution in [0.1, 0.15) is 79.9 Å². The van der Waals surface area contributed by atoms with Crippen molar-refractivity contribution < 1.29 is 9.59 Å². The highest BCUT2D eigenvalue weighted by molar-refractivity contribution is 7.14. The predicted molar refractivity (Wildman–Crippen MR) is 111 cm³/mol. The van der Waals surface area contributed by atoms with Gasteiger partial charge >= 0.3 is 0 Å². The Morgan fingerprint density at radius 3 is 2.78 bits per heavy atom. The molecule has 1 N–H and O–H groups in total. The van der Waals surface area contributed by atoms with E-state index in [1.807, 2.05) is 11.8 Å². The molecule has 2 atom stereocenters. The molecule has 1 fully saturated rings. The number of carbonyl (C=O) groups is 2. The third-order valence-corrected chi connectivity index (χ3v) is 7.29. The normalized spacial score (nSPS) is 23.0. The second-order valence-corrected chi connectivity index (χ2v) is 10.4. The molecule has 4 nitrogen and oxygen atoms in total. The lowest BCUT2D eigenvalue weighted by Crippen LogP contribution is -2.49. The van der Waals surface area contributed by atoms with Gasteiger partial charge in [-0.25, -0.2) is 0 Å². The molecule has 150 valence electrons. The third kappa shape index (κ3) is 4.92. The Kier molecular flexibility index (Phi) is 6.29. The number of thiophene rings is 1. The molecular formula is C22H34N2O2S. The first-order chi connectivity index (χ1) is 12.8. The molecule has 0 bridgehead atoms. The van der Waals surface area contributed by atoms with Gasteiger partial charge in [-0.1, -0.05) is 27.7 Å². The lowest BCUT2D eigenvalue weighted by molar-refractivity contribution is -0.122. The maximum atomic E-state index is 13.1. The Labute approximate surface area is 167 Å². The molecule has 0 radical (unpaired) electrons. The van der Waals surface area contributed by atoms with E-state index in [0.717, 1.165) is 43.5 Å². The number of piperidine rings is 1. The van der Waals surface area contributed by atoms with E-state index in [4.69, 9.17) is 0 Å². The van der Waals surface area contributed by atoms with Crippen molar-refractivity contribution in [1.29, 1.82) is 0 Å². The van der Waals surface area contributed by atoms with E-state index in [-0.39, 0.29) is 17.9 Å². The molecule has 1 aliphatic carbocycles. The number of rotatable bonds is 4. The molecule has 1 aromatic rings. The fourth-order valence-corrected chi connectivity index (χ4v) is 5.51. The first-order valence-corrected chi connectivity index (χ1v) is 11.3. The summed E-state index contributed by atoms with van der Waals surface area (Å²) in [5.74, 6) is 0.948. The lowest BCUT2D eigenvalue weighted by Gasteiger charge is -2.33. The molecule has 2 amide bonds. The van der Waals surface area contributed by atoms with E-state index >= 15 is 0 Å². The zero-order chi connectivity index (χ0) is 19.6. The van der Waals surface area contributed by atoms with Crippen LogP contribution in [0.4, 0.5) is 0 Å². The first kappa shape index (κ1) is 20.4. The first-order valence-electron chi connectivity index (χ1n) is 10.5. The minimum absolute atomic E-state index is 0.0987. The SMILES string of the molecule is CCCC(=O)NC1CCCN(C(=O)c2cc3c(s2)CCC(C(C)(C)C)C3)C1. The molecule has 2 aliphatic rings. The average Bonchev–Trinajstić information content (AvgIpc) is 3.04. The minimum Gasteiger partial charge on any atom is -0.352 e. The molecule has 2 unspecified atom stereocenters. The van der Waals surface area contributed by atoms with Crippen molar-refractivity contribution in [2.24, 2.45) is 11.3 Å². The molecule has 1 aliphatic heterocycles. The van der Waals surface area contributed by atoms with Crippen molar-refractivity contribution >= 4 is 23.2 Å². The number of hydrogen-bond donors (Lipinski definition) is 1. The second-order valence-electron chi connectivity index (χ2n) is 9.27. The number of hydrogen-bond acceptors (Lipinski definition) is 3. The molecule has 0 saturated carbocycles. The van der Waals surface area contributed by atoms with Crippen LogP contribution in [-0.2, 0) is 17.6 Å². The van der Waals surface area contributed by atoms with Crippen molar-refractivity contribution in [3.8, 4) is 0 Å². The van der Waals surface area contributed by atoms with Crippen LogP contribution in [-0.4, -0.2) is 35.8 Å². The maximum absolute atomic E-state index is 13.1. The van der Waals surface area contributed by atoms with Crippen LogP contribution in [0.5, 0.6) is 0 Å². The van der Waals surface area contributed by atoms with Crippen molar-refractivity contribution in [3.05, 3.63) is 21.4 Å². The number of carbonyl (C=O) groups excluding carboxylic acids is 2. The fourth-order valence-electron chi connectivity index (χ4n) is 4.33. The van der Waals surface area contributed by atoms with Crippen LogP contribution >= 0.6 is 11.3 Å². The minimum atomic E-state index is 0.0987. The summed E-state index contributed by atoms with van der Waals surface area (Å²) in [6.45, 7) is 10.4. The van der Waals surface area contributed by atoms with Crippen LogP contribution < -0.4 is 5.32 Å². The van der Waals surface area contributed by atoms with E-state index in [1.165, 1.54) is 16.9 Å². The number of likely N-dealkylation sites (tertiary alicyclic amines) is 1. The van der Waals surface area contributed by atoms with Gasteiger partial charge in [-0.15, -0.1) is 11.3 Å². The summed E-state index contributed by atoms with van der Waals surface area (Å²) in [4.78, 5) is 29.2. The number of nitrogens with one attached hydrogen (secondary N) is 1. The molecule has 5 heteroatoms. The number of aryl methyl sites for hydroxylation is 1. The standard InChI is InChI=1S/C22H34N2O2S/c1-5-7-20(25)23-17-8-6-11-24(14-17)21(26)19-13-15-12-16(22(2,3)4)9-10-18(15)27-19/h13,16-17H,5-12,14H2,1-4H3,(H,23,25). The molecule has 2 heterocycles. The fraction of sp³-hybridized carbons (Fsp3) is 0.727. The molecular weight excluding hydrogens is 356 g/mol. The number of amides is 2. The van der Waals surface area contributed by atoms with E-state index < -0.39 is 0 Å². The maximum Gasteiger partial charge on any atom is 0.264 e. The number of nitrogens with zero attached hydrogens (tertiary/aromatic N) is 1. The summed E-state index contributed by atoms with van der Waals surface area (Å²) in [6.07, 6.45) is 6.77. The quantitative estimate of drug-likeness (QED) is 0.827. The van der Waals surface area contributed by atoms with Crippen LogP contribution in [0.15, 0.2) is 6.07 Å². The summed E-state index contributed by atoms with van der Waals surface area (Å²) in [5, 5.41) is 3.10. The smallest absolute Gasteiger partial charge is 0.264 e. The third-order valence-electron chi connectivity index (χ3n) is 6.07. The van der Waals surface area contributed by atoms with E-state index in [1.54, 1.807) is 11.3 Å². The lowest BCUT2D eigenvalue weighted by atomic mass is 9.72. The van der Waals surface area contributed by atoms with Gasteiger partial charge in [0, 0.05) is 30.4 Å². The van der Waals surface area contributed by atoms with Crippen LogP contribution in [0.25, 0.3) is 0 Å². The molecule has 1 aromatic heterocycles. The Hall–Kier alpha value is -1.36. The highest BCUT2D eigenvalue weighted by Crippen LogP contribution is 2.40. The van der Waals surface area contributed by atoms with E-state index in [9.17, 15) is 9.59 Å². The number of fused-ring (bicyclic) bond motifs is 1. The molecule has 27 heavy (non-hydrogen) atoms. The Morgan fingerprint density at radius 2 is 2.07 bits per heavy atom. The second kappa shape index (κ2) is 8.34. The molecule has 1 saturated heterocycles. The van der Waals surface area contributed by atoms with Gasteiger partial charge in [-0.05, 0) is 61.5 Å². The Morgan fingerprint density at radius 1 is 1.30 bits per heavy atom. The van der Waals surface area contributed by atoms with E-state index in [2.05, 4.69) is 32.2 Å². The summed E-state index contributed by atoms with van der Waals surface area (Å²) in [7, 11) is 0. The average molecular weight is 391 g/mol. The molecule has 0 spiro atoms. The summed E-state index contributed by atoms with van der Waals surface area (Å²) in [6, 6.07) is 2.25. The van der Waals surface area contributed by atoms with Crippen molar-refractivity contribution in [2.75, 3.05) is 13.1 Å². The van der Waals surface area contributed by atoms with Crippen LogP contribution in [0.3, 0.4) is 0 Å². The van der Waals surface area contributed by atoms with Gasteiger partial charge in [0.1, 0.15) is 0 Å². The summed E-state index contributed by atoms with van der Waals surface area (Å²) in [5.41, 5.74) is 1.71. The topological polar surface area (TPSA) is 49.4 Å². The zero-order valence-corrected chi connectivity index (χ0v) is 18.1. The molecule has 3 rings (SSSR count). The largest absolute Gasteiger partial charge is 0.352 e. The van der Waals surface area contributed by atoms with Gasteiger partial charge in [0.2, 0.25) is 5.91 Å². The van der Waals surface area contributed by atoms with Crippen molar-refractivity contribution in [3.63, 3.8) is 0 Å². The van der Waals surface area contributed by atoms with Crippen molar-refractivity contribution in [1.82, 2.24) is 10.2 Å². The van der Waals surface area contributed by atoms with Gasteiger partial charge < -0.3 is 10.2 Å². The van der Waals surface area contributed by atoms with Gasteiger partial charge in [-0.3, -0.25) is 9.59 Å². The van der Waals surface area contributed by atoms with E-state index in [0.29, 0.717) is 24.3 Å². The zero-order valence-electron chi connectivity index (χ0n) is 17.3. The summed E-state index contributed by atoms with van der Waals surface area (Å²) >= 11 is 1.69. The predicted octanol–water partition coefficient (Wildman–Crippen LogP) is 4.42. The van der Waals surface area contributed by atoms with Gasteiger partial charge in [0.15, 0.2) is 0 Å². The van der Waals surface area contributed by atoms with Crippen molar-refractivity contribution in [2.45, 2.75) is 78.7 Å². The van der Waals surface area contributed by atoms with Gasteiger partial charge in [0.05, 0.1) is 4.88 Å². The Bertz CT molecular complexity index is 689. The van der Waals surface area contributed by atoms with Crippen LogP contribution in [0.2, 0.25) is 0 Å².